The normalized spacial score (nSPS) is 22.0. The van der Waals surface area contributed by atoms with E-state index in [2.05, 4.69) is 20.0 Å². The number of nitrogens with zero attached hydrogens (tertiary/aromatic N) is 4. The zero-order valence-electron chi connectivity index (χ0n) is 21.5. The number of carboxylic acids is 1. The molecule has 0 bridgehead atoms. The van der Waals surface area contributed by atoms with E-state index in [1.54, 1.807) is 59.2 Å². The first-order chi connectivity index (χ1) is 19.2. The third-order valence-corrected chi connectivity index (χ3v) is 8.28. The van der Waals surface area contributed by atoms with Crippen molar-refractivity contribution in [1.29, 1.82) is 0 Å². The van der Waals surface area contributed by atoms with Gasteiger partial charge in [-0.25, -0.2) is 19.5 Å². The van der Waals surface area contributed by atoms with Crippen LogP contribution in [0.3, 0.4) is 0 Å². The van der Waals surface area contributed by atoms with Crippen molar-refractivity contribution >= 4 is 30.7 Å². The van der Waals surface area contributed by atoms with Crippen molar-refractivity contribution in [3.8, 4) is 5.75 Å². The molecule has 1 saturated heterocycles. The molecule has 2 aromatic carbocycles. The van der Waals surface area contributed by atoms with Crippen LogP contribution in [-0.4, -0.2) is 60.1 Å². The van der Waals surface area contributed by atoms with Crippen LogP contribution in [0.15, 0.2) is 73.3 Å². The average Bonchev–Trinajstić information content (AvgIpc) is 3.54. The number of nitrogen functional groups attached to an aromatic ring is 1. The van der Waals surface area contributed by atoms with Crippen LogP contribution in [0.1, 0.15) is 25.1 Å². The van der Waals surface area contributed by atoms with Crippen LogP contribution in [-0.2, 0) is 25.0 Å². The molecule has 0 aliphatic carbocycles. The second-order valence-electron chi connectivity index (χ2n) is 9.61. The van der Waals surface area contributed by atoms with Gasteiger partial charge in [0.15, 0.2) is 17.7 Å². The van der Waals surface area contributed by atoms with Crippen LogP contribution in [0, 0.1) is 0 Å². The Balaban J connectivity index is 1.51. The minimum atomic E-state index is -4.43. The summed E-state index contributed by atoms with van der Waals surface area (Å²) in [6.45, 7) is 1.08. The van der Waals surface area contributed by atoms with Crippen LogP contribution < -0.4 is 15.3 Å². The number of para-hydroxylation sites is 1. The number of imidazole rings is 1. The van der Waals surface area contributed by atoms with Gasteiger partial charge in [-0.2, -0.15) is 5.09 Å². The number of carboxylic acid groups (broad SMARTS) is 1. The number of hydrogen-bond acceptors (Lipinski definition) is 10. The smallest absolute Gasteiger partial charge is 0.460 e. The lowest BCUT2D eigenvalue weighted by Gasteiger charge is -2.32. The largest absolute Gasteiger partial charge is 0.480 e. The molecule has 210 valence electrons. The van der Waals surface area contributed by atoms with E-state index in [4.69, 9.17) is 19.5 Å². The average molecular weight is 569 g/mol. The summed E-state index contributed by atoms with van der Waals surface area (Å²) in [5, 5.41) is 22.8. The molecule has 1 fully saturated rings. The quantitative estimate of drug-likeness (QED) is 0.194. The van der Waals surface area contributed by atoms with Crippen LogP contribution in [0.25, 0.3) is 11.2 Å². The van der Waals surface area contributed by atoms with Crippen molar-refractivity contribution in [3.05, 3.63) is 78.9 Å². The van der Waals surface area contributed by atoms with Crippen molar-refractivity contribution in [2.45, 2.75) is 43.7 Å². The van der Waals surface area contributed by atoms with Crippen molar-refractivity contribution in [2.24, 2.45) is 0 Å². The van der Waals surface area contributed by atoms with Crippen LogP contribution in [0.2, 0.25) is 0 Å². The summed E-state index contributed by atoms with van der Waals surface area (Å²) in [5.41, 5.74) is 5.57. The molecule has 40 heavy (non-hydrogen) atoms. The number of aliphatic carboxylic acids is 1. The Kier molecular flexibility index (Phi) is 7.83. The van der Waals surface area contributed by atoms with Gasteiger partial charge >= 0.3 is 13.7 Å². The summed E-state index contributed by atoms with van der Waals surface area (Å²) in [6.07, 6.45) is 0.223. The number of nitrogens with two attached hydrogens (primary N) is 1. The molecule has 5 rings (SSSR count). The molecule has 5 N–H and O–H groups in total. The number of aromatic nitrogens is 4. The predicted molar refractivity (Wildman–Crippen MR) is 144 cm³/mol. The highest BCUT2D eigenvalue weighted by atomic mass is 31.2. The first-order valence-electron chi connectivity index (χ1n) is 12.5. The zero-order valence-corrected chi connectivity index (χ0v) is 22.4. The second kappa shape index (κ2) is 11.3. The van der Waals surface area contributed by atoms with E-state index in [1.165, 1.54) is 19.6 Å². The number of fused-ring (bicyclic) bond motifs is 1. The van der Waals surface area contributed by atoms with E-state index in [1.807, 2.05) is 6.07 Å². The Morgan fingerprint density at radius 2 is 1.88 bits per heavy atom. The van der Waals surface area contributed by atoms with Gasteiger partial charge in [0, 0.05) is 12.8 Å². The number of nitrogens with one attached hydrogen (secondary N) is 1. The summed E-state index contributed by atoms with van der Waals surface area (Å²) >= 11 is 0. The van der Waals surface area contributed by atoms with E-state index in [-0.39, 0.29) is 31.0 Å². The number of ether oxygens (including phenoxy) is 1. The van der Waals surface area contributed by atoms with Gasteiger partial charge < -0.3 is 25.2 Å². The van der Waals surface area contributed by atoms with Crippen molar-refractivity contribution in [2.75, 3.05) is 12.3 Å². The van der Waals surface area contributed by atoms with Gasteiger partial charge in [0.05, 0.1) is 19.0 Å². The first kappa shape index (κ1) is 27.7. The summed E-state index contributed by atoms with van der Waals surface area (Å²) in [4.78, 5) is 25.0. The molecule has 13 nitrogen and oxygen atoms in total. The number of anilines is 1. The molecule has 14 heteroatoms. The molecule has 1 unspecified atom stereocenters. The molecular weight excluding hydrogens is 539 g/mol. The van der Waals surface area contributed by atoms with E-state index in [0.717, 1.165) is 0 Å². The SMILES string of the molecule is C[C@@](Cc1ccccc1)(NP(=O)(Oc1ccccc1)O[C@@H]1C[C@@H](CO)O[C@H]1n1cnc2c(N)ncnc21)C(=O)O. The van der Waals surface area contributed by atoms with E-state index in [9.17, 15) is 19.6 Å². The lowest BCUT2D eigenvalue weighted by atomic mass is 9.94. The Morgan fingerprint density at radius 1 is 1.18 bits per heavy atom. The third kappa shape index (κ3) is 5.83. The molecule has 1 aliphatic rings. The minimum Gasteiger partial charge on any atom is -0.480 e. The summed E-state index contributed by atoms with van der Waals surface area (Å²) in [7, 11) is -4.43. The Labute approximate surface area is 229 Å². The number of carbonyl (C=O) groups is 1. The van der Waals surface area contributed by atoms with Crippen molar-refractivity contribution in [1.82, 2.24) is 24.6 Å². The molecule has 0 radical (unpaired) electrons. The zero-order chi connectivity index (χ0) is 28.3. The fourth-order valence-electron chi connectivity index (χ4n) is 4.57. The van der Waals surface area contributed by atoms with Crippen molar-refractivity contribution < 1.29 is 33.4 Å². The maximum absolute atomic E-state index is 14.5. The Bertz CT molecular complexity index is 1520. The number of aliphatic hydroxyl groups is 1. The molecular formula is C26H29N6O7P. The number of hydrogen-bond donors (Lipinski definition) is 4. The molecule has 0 spiro atoms. The topological polar surface area (TPSA) is 184 Å². The first-order valence-corrected chi connectivity index (χ1v) is 14.0. The van der Waals surface area contributed by atoms with Gasteiger partial charge in [-0.3, -0.25) is 13.9 Å². The van der Waals surface area contributed by atoms with Gasteiger partial charge in [-0.1, -0.05) is 48.5 Å². The molecule has 0 amide bonds. The molecule has 0 saturated carbocycles. The minimum absolute atomic E-state index is 0.0130. The Hall–Kier alpha value is -3.87. The van der Waals surface area contributed by atoms with Crippen molar-refractivity contribution in [3.63, 3.8) is 0 Å². The van der Waals surface area contributed by atoms with Gasteiger partial charge in [0.1, 0.15) is 29.2 Å². The monoisotopic (exact) mass is 568 g/mol. The molecule has 2 aromatic heterocycles. The lowest BCUT2D eigenvalue weighted by Crippen LogP contribution is -2.50. The standard InChI is InChI=1S/C26H29N6O7P/c1-26(25(34)35,13-17-8-4-2-5-9-17)31-40(36,38-18-10-6-3-7-11-18)39-20-12-19(14-33)37-24(20)32-16-30-21-22(27)28-15-29-23(21)32/h2-11,15-16,19-20,24,33H,12-14H2,1H3,(H,31,36)(H,34,35)(H2,27,28,29)/t19-,20+,24+,26-,40?/m0/s1. The fourth-order valence-corrected chi connectivity index (χ4v) is 6.43. The van der Waals surface area contributed by atoms with Crippen LogP contribution in [0.5, 0.6) is 5.75 Å². The lowest BCUT2D eigenvalue weighted by molar-refractivity contribution is -0.143. The molecule has 3 heterocycles. The second-order valence-corrected chi connectivity index (χ2v) is 11.2. The number of rotatable bonds is 11. The van der Waals surface area contributed by atoms with Gasteiger partial charge in [0.25, 0.3) is 0 Å². The van der Waals surface area contributed by atoms with E-state index < -0.39 is 37.7 Å². The summed E-state index contributed by atoms with van der Waals surface area (Å²) in [6, 6.07) is 17.2. The third-order valence-electron chi connectivity index (χ3n) is 6.51. The summed E-state index contributed by atoms with van der Waals surface area (Å²) < 4.78 is 34.0. The fraction of sp³-hybridized carbons (Fsp3) is 0.308. The summed E-state index contributed by atoms with van der Waals surface area (Å²) in [5.74, 6) is -0.888. The number of benzene rings is 2. The van der Waals surface area contributed by atoms with E-state index >= 15 is 0 Å². The van der Waals surface area contributed by atoms with Gasteiger partial charge in [-0.15, -0.1) is 0 Å². The van der Waals surface area contributed by atoms with Crippen LogP contribution in [0.4, 0.5) is 5.82 Å². The van der Waals surface area contributed by atoms with E-state index in [0.29, 0.717) is 16.7 Å². The van der Waals surface area contributed by atoms with Gasteiger partial charge in [0.2, 0.25) is 0 Å². The van der Waals surface area contributed by atoms with Gasteiger partial charge in [-0.05, 0) is 24.6 Å². The highest BCUT2D eigenvalue weighted by Gasteiger charge is 2.48. The maximum Gasteiger partial charge on any atom is 0.460 e. The highest BCUT2D eigenvalue weighted by Crippen LogP contribution is 2.51. The molecule has 1 aliphatic heterocycles. The Morgan fingerprint density at radius 3 is 2.55 bits per heavy atom. The molecule has 5 atom stereocenters. The predicted octanol–water partition coefficient (Wildman–Crippen LogP) is 2.94. The molecule has 4 aromatic rings. The maximum atomic E-state index is 14.5. The number of aliphatic hydroxyl groups excluding tert-OH is 1. The van der Waals surface area contributed by atoms with Crippen LogP contribution >= 0.6 is 7.75 Å². The highest BCUT2D eigenvalue weighted by molar-refractivity contribution is 7.52.